The van der Waals surface area contributed by atoms with Gasteiger partial charge in [-0.1, -0.05) is 48.3 Å². The fourth-order valence-electron chi connectivity index (χ4n) is 2.01. The molecule has 0 atom stereocenters. The summed E-state index contributed by atoms with van der Waals surface area (Å²) < 4.78 is 1.31. The molecule has 0 unspecified atom stereocenters. The van der Waals surface area contributed by atoms with Crippen molar-refractivity contribution < 1.29 is 0 Å². The standard InChI is InChI=1S/C11H22IN/c12-9-5-6-10-13-11-7-3-1-2-4-8-11/h11,13H,1-10H2. The minimum atomic E-state index is 0.844. The van der Waals surface area contributed by atoms with Gasteiger partial charge in [-0.3, -0.25) is 0 Å². The Bertz CT molecular complexity index is 109. The largest absolute Gasteiger partial charge is 0.314 e. The molecular formula is C11H22IN. The molecule has 0 heterocycles. The quantitative estimate of drug-likeness (QED) is 0.354. The number of hydrogen-bond donors (Lipinski definition) is 1. The fourth-order valence-corrected chi connectivity index (χ4v) is 2.55. The molecule has 13 heavy (non-hydrogen) atoms. The second-order valence-corrected chi connectivity index (χ2v) is 5.12. The number of unbranched alkanes of at least 4 members (excludes halogenated alkanes) is 1. The maximum Gasteiger partial charge on any atom is 0.00670 e. The summed E-state index contributed by atoms with van der Waals surface area (Å²) in [5, 5.41) is 3.69. The van der Waals surface area contributed by atoms with Crippen molar-refractivity contribution in [2.24, 2.45) is 0 Å². The molecule has 1 aliphatic rings. The Labute approximate surface area is 96.2 Å². The SMILES string of the molecule is ICCCCNC1CCCCCC1. The summed E-state index contributed by atoms with van der Waals surface area (Å²) in [6, 6.07) is 0.844. The van der Waals surface area contributed by atoms with Crippen LogP contribution in [-0.2, 0) is 0 Å². The zero-order chi connectivity index (χ0) is 9.36. The first-order valence-electron chi connectivity index (χ1n) is 5.73. The zero-order valence-corrected chi connectivity index (χ0v) is 10.7. The Hall–Kier alpha value is 0.690. The number of alkyl halides is 1. The van der Waals surface area contributed by atoms with Crippen molar-refractivity contribution in [2.75, 3.05) is 11.0 Å². The average Bonchev–Trinajstić information content (AvgIpc) is 2.41. The fraction of sp³-hybridized carbons (Fsp3) is 1.00. The lowest BCUT2D eigenvalue weighted by Crippen LogP contribution is -2.29. The molecule has 0 amide bonds. The van der Waals surface area contributed by atoms with E-state index in [9.17, 15) is 0 Å². The predicted molar refractivity (Wildman–Crippen MR) is 67.6 cm³/mol. The van der Waals surface area contributed by atoms with Crippen LogP contribution < -0.4 is 5.32 Å². The van der Waals surface area contributed by atoms with E-state index < -0.39 is 0 Å². The number of hydrogen-bond acceptors (Lipinski definition) is 1. The molecule has 78 valence electrons. The van der Waals surface area contributed by atoms with Gasteiger partial charge in [-0.05, 0) is 36.7 Å². The molecule has 1 rings (SSSR count). The summed E-state index contributed by atoms with van der Waals surface area (Å²) in [6.45, 7) is 1.24. The van der Waals surface area contributed by atoms with Gasteiger partial charge in [0.05, 0.1) is 0 Å². The van der Waals surface area contributed by atoms with Gasteiger partial charge in [0.25, 0.3) is 0 Å². The Balaban J connectivity index is 1.98. The van der Waals surface area contributed by atoms with Gasteiger partial charge in [-0.25, -0.2) is 0 Å². The second-order valence-electron chi connectivity index (χ2n) is 4.04. The summed E-state index contributed by atoms with van der Waals surface area (Å²) in [5.74, 6) is 0. The normalized spacial score (nSPS) is 20.1. The first-order valence-corrected chi connectivity index (χ1v) is 7.25. The van der Waals surface area contributed by atoms with Crippen molar-refractivity contribution in [3.63, 3.8) is 0 Å². The van der Waals surface area contributed by atoms with Crippen LogP contribution in [0.3, 0.4) is 0 Å². The van der Waals surface area contributed by atoms with Crippen molar-refractivity contribution in [3.05, 3.63) is 0 Å². The molecular weight excluding hydrogens is 273 g/mol. The van der Waals surface area contributed by atoms with Gasteiger partial charge in [0.1, 0.15) is 0 Å². The van der Waals surface area contributed by atoms with Crippen LogP contribution in [-0.4, -0.2) is 17.0 Å². The van der Waals surface area contributed by atoms with Gasteiger partial charge in [-0.2, -0.15) is 0 Å². The number of nitrogens with one attached hydrogen (secondary N) is 1. The summed E-state index contributed by atoms with van der Waals surface area (Å²) in [7, 11) is 0. The lowest BCUT2D eigenvalue weighted by Gasteiger charge is -2.15. The van der Waals surface area contributed by atoms with Crippen LogP contribution in [0.25, 0.3) is 0 Å². The van der Waals surface area contributed by atoms with Crippen LogP contribution in [0.2, 0.25) is 0 Å². The average molecular weight is 295 g/mol. The minimum absolute atomic E-state index is 0.844. The molecule has 1 fully saturated rings. The first kappa shape index (κ1) is 11.8. The molecule has 0 aromatic heterocycles. The van der Waals surface area contributed by atoms with Gasteiger partial charge < -0.3 is 5.32 Å². The number of rotatable bonds is 5. The highest BCUT2D eigenvalue weighted by atomic mass is 127. The van der Waals surface area contributed by atoms with Gasteiger partial charge in [0.2, 0.25) is 0 Å². The Kier molecular flexibility index (Phi) is 7.27. The molecule has 0 aliphatic heterocycles. The Morgan fingerprint density at radius 1 is 1.00 bits per heavy atom. The van der Waals surface area contributed by atoms with E-state index in [0.717, 1.165) is 6.04 Å². The zero-order valence-electron chi connectivity index (χ0n) is 8.53. The van der Waals surface area contributed by atoms with E-state index in [4.69, 9.17) is 0 Å². The number of halogens is 1. The van der Waals surface area contributed by atoms with E-state index in [1.807, 2.05) is 0 Å². The van der Waals surface area contributed by atoms with Crippen LogP contribution >= 0.6 is 22.6 Å². The molecule has 1 aliphatic carbocycles. The van der Waals surface area contributed by atoms with E-state index in [-0.39, 0.29) is 0 Å². The third-order valence-corrected chi connectivity index (χ3v) is 3.61. The highest BCUT2D eigenvalue weighted by Gasteiger charge is 2.10. The van der Waals surface area contributed by atoms with Crippen LogP contribution in [0.4, 0.5) is 0 Å². The maximum absolute atomic E-state index is 3.69. The van der Waals surface area contributed by atoms with Gasteiger partial charge in [0, 0.05) is 6.04 Å². The highest BCUT2D eigenvalue weighted by molar-refractivity contribution is 14.1. The van der Waals surface area contributed by atoms with Crippen molar-refractivity contribution in [3.8, 4) is 0 Å². The van der Waals surface area contributed by atoms with E-state index in [1.165, 1.54) is 62.3 Å². The van der Waals surface area contributed by atoms with E-state index in [1.54, 1.807) is 0 Å². The third-order valence-electron chi connectivity index (χ3n) is 2.85. The second kappa shape index (κ2) is 8.04. The smallest absolute Gasteiger partial charge is 0.00670 e. The summed E-state index contributed by atoms with van der Waals surface area (Å²) in [4.78, 5) is 0. The van der Waals surface area contributed by atoms with Crippen LogP contribution in [0.5, 0.6) is 0 Å². The molecule has 0 radical (unpaired) electrons. The van der Waals surface area contributed by atoms with Crippen LogP contribution in [0.1, 0.15) is 51.4 Å². The Morgan fingerprint density at radius 3 is 2.31 bits per heavy atom. The lowest BCUT2D eigenvalue weighted by atomic mass is 10.1. The molecule has 0 aromatic carbocycles. The summed E-state index contributed by atoms with van der Waals surface area (Å²) >= 11 is 2.46. The first-order chi connectivity index (χ1) is 6.43. The molecule has 0 bridgehead atoms. The maximum atomic E-state index is 3.69. The predicted octanol–water partition coefficient (Wildman–Crippen LogP) is 3.51. The molecule has 1 nitrogen and oxygen atoms in total. The van der Waals surface area contributed by atoms with E-state index in [0.29, 0.717) is 0 Å². The van der Waals surface area contributed by atoms with Crippen molar-refractivity contribution >= 4 is 22.6 Å². The van der Waals surface area contributed by atoms with Crippen LogP contribution in [0, 0.1) is 0 Å². The van der Waals surface area contributed by atoms with Crippen molar-refractivity contribution in [1.29, 1.82) is 0 Å². The van der Waals surface area contributed by atoms with Crippen LogP contribution in [0.15, 0.2) is 0 Å². The van der Waals surface area contributed by atoms with Gasteiger partial charge >= 0.3 is 0 Å². The molecule has 2 heteroatoms. The minimum Gasteiger partial charge on any atom is -0.314 e. The molecule has 0 spiro atoms. The highest BCUT2D eigenvalue weighted by Crippen LogP contribution is 2.17. The van der Waals surface area contributed by atoms with E-state index in [2.05, 4.69) is 27.9 Å². The monoisotopic (exact) mass is 295 g/mol. The third kappa shape index (κ3) is 5.89. The van der Waals surface area contributed by atoms with Gasteiger partial charge in [-0.15, -0.1) is 0 Å². The summed E-state index contributed by atoms with van der Waals surface area (Å²) in [5.41, 5.74) is 0. The molecule has 0 aromatic rings. The Morgan fingerprint density at radius 2 is 1.69 bits per heavy atom. The van der Waals surface area contributed by atoms with Gasteiger partial charge in [0.15, 0.2) is 0 Å². The molecule has 1 N–H and O–H groups in total. The van der Waals surface area contributed by atoms with E-state index >= 15 is 0 Å². The van der Waals surface area contributed by atoms with Crippen molar-refractivity contribution in [2.45, 2.75) is 57.4 Å². The topological polar surface area (TPSA) is 12.0 Å². The lowest BCUT2D eigenvalue weighted by molar-refractivity contribution is 0.455. The summed E-state index contributed by atoms with van der Waals surface area (Å²) in [6.07, 6.45) is 11.4. The van der Waals surface area contributed by atoms with Crippen molar-refractivity contribution in [1.82, 2.24) is 5.32 Å². The molecule has 1 saturated carbocycles. The molecule has 0 saturated heterocycles.